The number of piperidine rings is 1. The van der Waals surface area contributed by atoms with Gasteiger partial charge < -0.3 is 15.2 Å². The minimum atomic E-state index is 0.181. The Morgan fingerprint density at radius 1 is 1.50 bits per heavy atom. The first kappa shape index (κ1) is 13.5. The number of halogens is 1. The number of methoxy groups -OCH3 is 1. The normalized spacial score (nSPS) is 19.8. The highest BCUT2D eigenvalue weighted by atomic mass is 35.5. The Morgan fingerprint density at radius 2 is 2.28 bits per heavy atom. The molecular formula is C14H20ClNO2. The average molecular weight is 270 g/mol. The van der Waals surface area contributed by atoms with E-state index >= 15 is 0 Å². The van der Waals surface area contributed by atoms with Crippen molar-refractivity contribution in [1.29, 1.82) is 0 Å². The van der Waals surface area contributed by atoms with Gasteiger partial charge in [-0.2, -0.15) is 0 Å². The summed E-state index contributed by atoms with van der Waals surface area (Å²) in [5.41, 5.74) is 1.74. The van der Waals surface area contributed by atoms with E-state index in [-0.39, 0.29) is 5.75 Å². The molecule has 0 amide bonds. The molecule has 0 spiro atoms. The molecule has 100 valence electrons. The fraction of sp³-hybridized carbons (Fsp3) is 0.571. The molecule has 18 heavy (non-hydrogen) atoms. The summed E-state index contributed by atoms with van der Waals surface area (Å²) in [5.74, 6) is 0.684. The van der Waals surface area contributed by atoms with Crippen molar-refractivity contribution in [3.05, 3.63) is 22.2 Å². The highest BCUT2D eigenvalue weighted by Crippen LogP contribution is 2.38. The van der Waals surface area contributed by atoms with Crippen LogP contribution in [0.1, 0.15) is 30.4 Å². The van der Waals surface area contributed by atoms with Crippen LogP contribution in [0.3, 0.4) is 0 Å². The molecule has 4 heteroatoms. The van der Waals surface area contributed by atoms with Crippen LogP contribution in [0.4, 0.5) is 0 Å². The second-order valence-corrected chi connectivity index (χ2v) is 5.27. The molecule has 1 saturated heterocycles. The minimum absolute atomic E-state index is 0.181. The summed E-state index contributed by atoms with van der Waals surface area (Å²) in [6, 6.07) is 2.17. The number of benzene rings is 1. The maximum Gasteiger partial charge on any atom is 0.162 e. The topological polar surface area (TPSA) is 41.5 Å². The molecule has 1 aliphatic heterocycles. The van der Waals surface area contributed by atoms with Gasteiger partial charge in [-0.05, 0) is 44.4 Å². The van der Waals surface area contributed by atoms with Crippen LogP contribution in [-0.2, 0) is 6.42 Å². The number of phenols is 1. The third-order valence-corrected chi connectivity index (χ3v) is 4.09. The van der Waals surface area contributed by atoms with E-state index in [0.717, 1.165) is 30.5 Å². The number of phenolic OH excluding ortho intramolecular Hbond substituents is 1. The van der Waals surface area contributed by atoms with Crippen LogP contribution in [0.25, 0.3) is 0 Å². The third kappa shape index (κ3) is 2.73. The Labute approximate surface area is 113 Å². The zero-order valence-electron chi connectivity index (χ0n) is 10.9. The van der Waals surface area contributed by atoms with E-state index in [2.05, 4.69) is 5.32 Å². The largest absolute Gasteiger partial charge is 0.504 e. The molecule has 1 aromatic carbocycles. The van der Waals surface area contributed by atoms with Gasteiger partial charge in [-0.1, -0.05) is 18.0 Å². The van der Waals surface area contributed by atoms with Crippen LogP contribution in [0.15, 0.2) is 6.07 Å². The van der Waals surface area contributed by atoms with Crippen molar-refractivity contribution < 1.29 is 9.84 Å². The van der Waals surface area contributed by atoms with E-state index in [4.69, 9.17) is 16.3 Å². The monoisotopic (exact) mass is 269 g/mol. The molecule has 0 bridgehead atoms. The van der Waals surface area contributed by atoms with Crippen molar-refractivity contribution in [3.8, 4) is 11.5 Å². The molecule has 2 N–H and O–H groups in total. The fourth-order valence-electron chi connectivity index (χ4n) is 2.51. The first-order valence-electron chi connectivity index (χ1n) is 6.41. The SMILES string of the molecule is COc1cc(C)c(Cl)c(CC2CCCCN2)c1O. The number of hydrogen-bond donors (Lipinski definition) is 2. The lowest BCUT2D eigenvalue weighted by Crippen LogP contribution is -2.35. The zero-order chi connectivity index (χ0) is 13.1. The summed E-state index contributed by atoms with van der Waals surface area (Å²) in [6.07, 6.45) is 4.35. The lowest BCUT2D eigenvalue weighted by atomic mass is 9.96. The third-order valence-electron chi connectivity index (χ3n) is 3.56. The van der Waals surface area contributed by atoms with Crippen molar-refractivity contribution in [2.24, 2.45) is 0 Å². The molecule has 1 atom stereocenters. The molecule has 1 fully saturated rings. The van der Waals surface area contributed by atoms with Crippen molar-refractivity contribution in [2.75, 3.05) is 13.7 Å². The summed E-state index contributed by atoms with van der Waals surface area (Å²) < 4.78 is 5.18. The maximum atomic E-state index is 10.2. The van der Waals surface area contributed by atoms with Gasteiger partial charge in [0.1, 0.15) is 0 Å². The van der Waals surface area contributed by atoms with Gasteiger partial charge in [0.05, 0.1) is 12.1 Å². The summed E-state index contributed by atoms with van der Waals surface area (Å²) in [6.45, 7) is 2.98. The van der Waals surface area contributed by atoms with E-state index < -0.39 is 0 Å². The highest BCUT2D eigenvalue weighted by molar-refractivity contribution is 6.32. The zero-order valence-corrected chi connectivity index (χ0v) is 11.7. The molecule has 0 saturated carbocycles. The predicted molar refractivity (Wildman–Crippen MR) is 73.8 cm³/mol. The Balaban J connectivity index is 2.27. The molecule has 1 unspecified atom stereocenters. The predicted octanol–water partition coefficient (Wildman–Crippen LogP) is 3.05. The van der Waals surface area contributed by atoms with Crippen LogP contribution in [0, 0.1) is 6.92 Å². The van der Waals surface area contributed by atoms with Crippen molar-refractivity contribution >= 4 is 11.6 Å². The number of hydrogen-bond acceptors (Lipinski definition) is 3. The molecule has 0 aromatic heterocycles. The molecule has 0 radical (unpaired) electrons. The van der Waals surface area contributed by atoms with Crippen LogP contribution >= 0.6 is 11.6 Å². The molecular weight excluding hydrogens is 250 g/mol. The van der Waals surface area contributed by atoms with Crippen LogP contribution < -0.4 is 10.1 Å². The van der Waals surface area contributed by atoms with Crippen molar-refractivity contribution in [1.82, 2.24) is 5.32 Å². The van der Waals surface area contributed by atoms with Gasteiger partial charge in [0, 0.05) is 11.6 Å². The van der Waals surface area contributed by atoms with Gasteiger partial charge in [0.15, 0.2) is 11.5 Å². The van der Waals surface area contributed by atoms with E-state index in [1.165, 1.54) is 12.8 Å². The number of aromatic hydroxyl groups is 1. The van der Waals surface area contributed by atoms with E-state index in [1.807, 2.05) is 6.92 Å². The summed E-state index contributed by atoms with van der Waals surface area (Å²) in [7, 11) is 1.56. The molecule has 3 nitrogen and oxygen atoms in total. The Morgan fingerprint density at radius 3 is 2.89 bits per heavy atom. The smallest absolute Gasteiger partial charge is 0.162 e. The summed E-state index contributed by atoms with van der Waals surface area (Å²) in [5, 5.41) is 14.3. The number of ether oxygens (including phenoxy) is 1. The van der Waals surface area contributed by atoms with E-state index in [1.54, 1.807) is 13.2 Å². The second-order valence-electron chi connectivity index (χ2n) is 4.89. The lowest BCUT2D eigenvalue weighted by Gasteiger charge is -2.25. The highest BCUT2D eigenvalue weighted by Gasteiger charge is 2.20. The van der Waals surface area contributed by atoms with Gasteiger partial charge >= 0.3 is 0 Å². The number of aryl methyl sites for hydroxylation is 1. The fourth-order valence-corrected chi connectivity index (χ4v) is 2.73. The number of nitrogens with one attached hydrogen (secondary N) is 1. The first-order chi connectivity index (χ1) is 8.63. The Kier molecular flexibility index (Phi) is 4.36. The molecule has 1 aliphatic rings. The van der Waals surface area contributed by atoms with Crippen molar-refractivity contribution in [3.63, 3.8) is 0 Å². The molecule has 2 rings (SSSR count). The van der Waals surface area contributed by atoms with E-state index in [0.29, 0.717) is 16.8 Å². The van der Waals surface area contributed by atoms with Gasteiger partial charge in [0.25, 0.3) is 0 Å². The first-order valence-corrected chi connectivity index (χ1v) is 6.79. The maximum absolute atomic E-state index is 10.2. The Bertz CT molecular complexity index is 428. The van der Waals surface area contributed by atoms with Gasteiger partial charge in [-0.15, -0.1) is 0 Å². The van der Waals surface area contributed by atoms with Gasteiger partial charge in [0.2, 0.25) is 0 Å². The minimum Gasteiger partial charge on any atom is -0.504 e. The number of rotatable bonds is 3. The van der Waals surface area contributed by atoms with Crippen LogP contribution in [0.5, 0.6) is 11.5 Å². The average Bonchev–Trinajstić information content (AvgIpc) is 2.40. The quantitative estimate of drug-likeness (QED) is 0.886. The van der Waals surface area contributed by atoms with Crippen LogP contribution in [-0.4, -0.2) is 24.8 Å². The summed E-state index contributed by atoms with van der Waals surface area (Å²) in [4.78, 5) is 0. The molecule has 0 aliphatic carbocycles. The lowest BCUT2D eigenvalue weighted by molar-refractivity contribution is 0.362. The van der Waals surface area contributed by atoms with Gasteiger partial charge in [-0.3, -0.25) is 0 Å². The second kappa shape index (κ2) is 5.81. The molecule has 1 aromatic rings. The Hall–Kier alpha value is -0.930. The van der Waals surface area contributed by atoms with Gasteiger partial charge in [-0.25, -0.2) is 0 Å². The van der Waals surface area contributed by atoms with Crippen LogP contribution in [0.2, 0.25) is 5.02 Å². The standard InChI is InChI=1S/C14H20ClNO2/c1-9-7-12(18-2)14(17)11(13(9)15)8-10-5-3-4-6-16-10/h7,10,16-17H,3-6,8H2,1-2H3. The van der Waals surface area contributed by atoms with E-state index in [9.17, 15) is 5.11 Å². The van der Waals surface area contributed by atoms with Crippen molar-refractivity contribution in [2.45, 2.75) is 38.6 Å². The molecule has 1 heterocycles. The summed E-state index contributed by atoms with van der Waals surface area (Å²) >= 11 is 6.30.